The molecule has 2 aromatic rings. The fourth-order valence-corrected chi connectivity index (χ4v) is 1.72. The summed E-state index contributed by atoms with van der Waals surface area (Å²) in [6.07, 6.45) is 3.83. The van der Waals surface area contributed by atoms with E-state index in [0.29, 0.717) is 24.9 Å². The van der Waals surface area contributed by atoms with Crippen LogP contribution in [0.2, 0.25) is 0 Å². The first-order valence-corrected chi connectivity index (χ1v) is 6.36. The van der Waals surface area contributed by atoms with Crippen molar-refractivity contribution < 1.29 is 9.84 Å². The first kappa shape index (κ1) is 15.1. The molecule has 0 radical (unpaired) electrons. The van der Waals surface area contributed by atoms with Crippen LogP contribution < -0.4 is 16.6 Å². The van der Waals surface area contributed by atoms with Crippen LogP contribution in [0.25, 0.3) is 5.95 Å². The number of hydrogen-bond donors (Lipinski definition) is 4. The van der Waals surface area contributed by atoms with Crippen molar-refractivity contribution in [2.45, 2.75) is 12.5 Å². The zero-order chi connectivity index (χ0) is 15.1. The molecule has 10 nitrogen and oxygen atoms in total. The second kappa shape index (κ2) is 7.47. The Bertz CT molecular complexity index is 541. The van der Waals surface area contributed by atoms with E-state index in [1.807, 2.05) is 0 Å². The molecule has 0 fully saturated rings. The Kier molecular flexibility index (Phi) is 5.37. The fourth-order valence-electron chi connectivity index (χ4n) is 1.72. The standard InChI is InChI=1S/C11H18N8O2/c1-21-7-8(3-6-20)14-9-15-10(18-12)17-11(16-9)19-5-2-4-13-19/h2,4-5,8,20H,3,6-7,12H2,1H3,(H2,14,15,16,17,18). The molecule has 2 aromatic heterocycles. The Hall–Kier alpha value is -2.30. The van der Waals surface area contributed by atoms with E-state index in [9.17, 15) is 0 Å². The van der Waals surface area contributed by atoms with Gasteiger partial charge in [-0.15, -0.1) is 0 Å². The molecular formula is C11H18N8O2. The van der Waals surface area contributed by atoms with Gasteiger partial charge in [-0.05, 0) is 12.5 Å². The van der Waals surface area contributed by atoms with E-state index in [0.717, 1.165) is 0 Å². The van der Waals surface area contributed by atoms with E-state index in [1.54, 1.807) is 25.6 Å². The van der Waals surface area contributed by atoms with E-state index in [-0.39, 0.29) is 18.6 Å². The van der Waals surface area contributed by atoms with Crippen LogP contribution in [-0.2, 0) is 4.74 Å². The van der Waals surface area contributed by atoms with Crippen LogP contribution in [0, 0.1) is 0 Å². The van der Waals surface area contributed by atoms with Gasteiger partial charge in [-0.2, -0.15) is 20.1 Å². The van der Waals surface area contributed by atoms with Crippen molar-refractivity contribution in [1.82, 2.24) is 24.7 Å². The molecule has 21 heavy (non-hydrogen) atoms. The van der Waals surface area contributed by atoms with Gasteiger partial charge in [-0.25, -0.2) is 10.5 Å². The van der Waals surface area contributed by atoms with E-state index in [1.165, 1.54) is 4.68 Å². The molecule has 1 atom stereocenters. The fraction of sp³-hybridized carbons (Fsp3) is 0.455. The van der Waals surface area contributed by atoms with Gasteiger partial charge in [0.2, 0.25) is 11.9 Å². The number of nitrogens with two attached hydrogens (primary N) is 1. The summed E-state index contributed by atoms with van der Waals surface area (Å²) in [4.78, 5) is 12.5. The summed E-state index contributed by atoms with van der Waals surface area (Å²) in [6.45, 7) is 0.439. The lowest BCUT2D eigenvalue weighted by Crippen LogP contribution is -2.28. The number of aliphatic hydroxyl groups excluding tert-OH is 1. The number of nitrogen functional groups attached to an aromatic ring is 1. The Morgan fingerprint density at radius 1 is 1.38 bits per heavy atom. The van der Waals surface area contributed by atoms with Gasteiger partial charge in [0.25, 0.3) is 5.95 Å². The Morgan fingerprint density at radius 2 is 2.19 bits per heavy atom. The predicted molar refractivity (Wildman–Crippen MR) is 75.7 cm³/mol. The zero-order valence-corrected chi connectivity index (χ0v) is 11.6. The van der Waals surface area contributed by atoms with Crippen molar-refractivity contribution in [2.75, 3.05) is 31.1 Å². The van der Waals surface area contributed by atoms with Gasteiger partial charge in [0.15, 0.2) is 0 Å². The van der Waals surface area contributed by atoms with E-state index < -0.39 is 0 Å². The molecule has 0 amide bonds. The number of aromatic nitrogens is 5. The molecule has 10 heteroatoms. The van der Waals surface area contributed by atoms with Gasteiger partial charge in [-0.1, -0.05) is 0 Å². The quantitative estimate of drug-likeness (QED) is 0.362. The van der Waals surface area contributed by atoms with Crippen LogP contribution in [0.3, 0.4) is 0 Å². The Morgan fingerprint density at radius 3 is 2.81 bits per heavy atom. The molecule has 0 aliphatic carbocycles. The summed E-state index contributed by atoms with van der Waals surface area (Å²) in [5, 5.41) is 16.2. The SMILES string of the molecule is COCC(CCO)Nc1nc(NN)nc(-n2cccn2)n1. The van der Waals surface area contributed by atoms with Crippen molar-refractivity contribution in [3.63, 3.8) is 0 Å². The highest BCUT2D eigenvalue weighted by molar-refractivity contribution is 5.37. The number of methoxy groups -OCH3 is 1. The monoisotopic (exact) mass is 294 g/mol. The zero-order valence-electron chi connectivity index (χ0n) is 11.6. The van der Waals surface area contributed by atoms with Crippen LogP contribution in [-0.4, -0.2) is 56.2 Å². The first-order chi connectivity index (χ1) is 10.3. The van der Waals surface area contributed by atoms with Crippen molar-refractivity contribution in [1.29, 1.82) is 0 Å². The normalized spacial score (nSPS) is 12.1. The van der Waals surface area contributed by atoms with Crippen molar-refractivity contribution in [2.24, 2.45) is 5.84 Å². The highest BCUT2D eigenvalue weighted by atomic mass is 16.5. The lowest BCUT2D eigenvalue weighted by atomic mass is 10.2. The smallest absolute Gasteiger partial charge is 0.257 e. The third-order valence-corrected chi connectivity index (χ3v) is 2.64. The first-order valence-electron chi connectivity index (χ1n) is 6.36. The lowest BCUT2D eigenvalue weighted by Gasteiger charge is -2.17. The Balaban J connectivity index is 2.23. The van der Waals surface area contributed by atoms with Crippen molar-refractivity contribution >= 4 is 11.9 Å². The summed E-state index contributed by atoms with van der Waals surface area (Å²) in [7, 11) is 1.58. The van der Waals surface area contributed by atoms with E-state index >= 15 is 0 Å². The minimum Gasteiger partial charge on any atom is -0.396 e. The number of nitrogens with one attached hydrogen (secondary N) is 2. The number of rotatable bonds is 8. The predicted octanol–water partition coefficient (Wildman–Crippen LogP) is -0.848. The van der Waals surface area contributed by atoms with Gasteiger partial charge in [-0.3, -0.25) is 5.43 Å². The summed E-state index contributed by atoms with van der Waals surface area (Å²) >= 11 is 0. The molecule has 0 bridgehead atoms. The summed E-state index contributed by atoms with van der Waals surface area (Å²) < 4.78 is 6.58. The second-order valence-electron chi connectivity index (χ2n) is 4.19. The third kappa shape index (κ3) is 4.08. The van der Waals surface area contributed by atoms with Gasteiger partial charge in [0.1, 0.15) is 0 Å². The molecular weight excluding hydrogens is 276 g/mol. The van der Waals surface area contributed by atoms with Crippen molar-refractivity contribution in [3.05, 3.63) is 18.5 Å². The molecule has 2 rings (SSSR count). The largest absolute Gasteiger partial charge is 0.396 e. The number of aliphatic hydroxyl groups is 1. The molecule has 0 saturated heterocycles. The van der Waals surface area contributed by atoms with Crippen molar-refractivity contribution in [3.8, 4) is 5.95 Å². The van der Waals surface area contributed by atoms with Crippen LogP contribution in [0.1, 0.15) is 6.42 Å². The topological polar surface area (TPSA) is 136 Å². The van der Waals surface area contributed by atoms with E-state index in [2.05, 4.69) is 30.8 Å². The van der Waals surface area contributed by atoms with Gasteiger partial charge >= 0.3 is 0 Å². The summed E-state index contributed by atoms with van der Waals surface area (Å²) in [5.41, 5.74) is 2.38. The maximum atomic E-state index is 9.05. The molecule has 0 aliphatic heterocycles. The maximum absolute atomic E-state index is 9.05. The van der Waals surface area contributed by atoms with Crippen LogP contribution in [0.5, 0.6) is 0 Å². The molecule has 0 saturated carbocycles. The average Bonchev–Trinajstić information content (AvgIpc) is 3.01. The number of ether oxygens (including phenoxy) is 1. The molecule has 0 spiro atoms. The molecule has 0 aliphatic rings. The maximum Gasteiger partial charge on any atom is 0.257 e. The van der Waals surface area contributed by atoms with Gasteiger partial charge in [0, 0.05) is 26.1 Å². The minimum atomic E-state index is -0.126. The molecule has 2 heterocycles. The molecule has 114 valence electrons. The lowest BCUT2D eigenvalue weighted by molar-refractivity contribution is 0.170. The molecule has 0 aromatic carbocycles. The molecule has 5 N–H and O–H groups in total. The number of anilines is 2. The molecule has 1 unspecified atom stereocenters. The van der Waals surface area contributed by atoms with Crippen LogP contribution >= 0.6 is 0 Å². The van der Waals surface area contributed by atoms with Crippen LogP contribution in [0.4, 0.5) is 11.9 Å². The summed E-state index contributed by atoms with van der Waals surface area (Å²) in [5.74, 6) is 6.21. The van der Waals surface area contributed by atoms with Crippen LogP contribution in [0.15, 0.2) is 18.5 Å². The van der Waals surface area contributed by atoms with E-state index in [4.69, 9.17) is 15.7 Å². The number of nitrogens with zero attached hydrogens (tertiary/aromatic N) is 5. The minimum absolute atomic E-state index is 0.0279. The Labute approximate surface area is 121 Å². The van der Waals surface area contributed by atoms with Gasteiger partial charge in [0.05, 0.1) is 12.6 Å². The highest BCUT2D eigenvalue weighted by Crippen LogP contribution is 2.10. The third-order valence-electron chi connectivity index (χ3n) is 2.64. The van der Waals surface area contributed by atoms with Gasteiger partial charge < -0.3 is 15.2 Å². The average molecular weight is 294 g/mol. The highest BCUT2D eigenvalue weighted by Gasteiger charge is 2.13. The number of hydrogen-bond acceptors (Lipinski definition) is 9. The summed E-state index contributed by atoms with van der Waals surface area (Å²) in [6, 6.07) is 1.63. The number of hydrazine groups is 1. The second-order valence-corrected chi connectivity index (χ2v) is 4.19.